The maximum absolute atomic E-state index is 12.8. The molecule has 9 aliphatic rings. The predicted octanol–water partition coefficient (Wildman–Crippen LogP) is 6.21. The molecule has 10 heteroatoms. The second kappa shape index (κ2) is 18.9. The van der Waals surface area contributed by atoms with Gasteiger partial charge in [-0.2, -0.15) is 0 Å². The van der Waals surface area contributed by atoms with Gasteiger partial charge < -0.3 is 43.4 Å². The molecule has 9 fully saturated rings. The molecular formula is C40H68O10. The Morgan fingerprint density at radius 3 is 2.20 bits per heavy atom. The Morgan fingerprint density at radius 2 is 1.56 bits per heavy atom. The Bertz CT molecular complexity index is 1050. The molecule has 0 spiro atoms. The van der Waals surface area contributed by atoms with Crippen LogP contribution < -0.4 is 0 Å². The first-order valence-electron chi connectivity index (χ1n) is 20.2. The number of aliphatic hydroxyl groups excluding tert-OH is 2. The summed E-state index contributed by atoms with van der Waals surface area (Å²) in [4.78, 5) is 12.8. The van der Waals surface area contributed by atoms with Crippen LogP contribution in [0.5, 0.6) is 0 Å². The molecule has 0 aromatic carbocycles. The van der Waals surface area contributed by atoms with Crippen molar-refractivity contribution in [2.24, 2.45) is 11.8 Å². The van der Waals surface area contributed by atoms with Crippen LogP contribution in [0, 0.1) is 11.8 Å². The predicted molar refractivity (Wildman–Crippen MR) is 190 cm³/mol. The van der Waals surface area contributed by atoms with Gasteiger partial charge in [0.2, 0.25) is 0 Å². The van der Waals surface area contributed by atoms with Gasteiger partial charge in [0.15, 0.2) is 5.79 Å². The van der Waals surface area contributed by atoms with Crippen molar-refractivity contribution >= 4 is 5.78 Å². The van der Waals surface area contributed by atoms with E-state index in [1.807, 2.05) is 13.8 Å². The fourth-order valence-corrected chi connectivity index (χ4v) is 9.05. The van der Waals surface area contributed by atoms with Crippen molar-refractivity contribution in [3.63, 3.8) is 0 Å². The summed E-state index contributed by atoms with van der Waals surface area (Å²) in [5.74, 6) is 0.982. The van der Waals surface area contributed by atoms with E-state index in [4.69, 9.17) is 43.4 Å². The first-order valence-corrected chi connectivity index (χ1v) is 20.2. The van der Waals surface area contributed by atoms with Crippen LogP contribution in [0.15, 0.2) is 12.2 Å². The fourth-order valence-electron chi connectivity index (χ4n) is 9.05. The molecule has 10 nitrogen and oxygen atoms in total. The summed E-state index contributed by atoms with van der Waals surface area (Å²) in [7, 11) is 0. The van der Waals surface area contributed by atoms with Crippen molar-refractivity contribution in [3.8, 4) is 0 Å². The van der Waals surface area contributed by atoms with Crippen LogP contribution >= 0.6 is 0 Å². The maximum atomic E-state index is 12.8. The van der Waals surface area contributed by atoms with Gasteiger partial charge in [0.05, 0.1) is 43.2 Å². The molecule has 50 heavy (non-hydrogen) atoms. The average Bonchev–Trinajstić information content (AvgIpc) is 3.89. The van der Waals surface area contributed by atoms with Crippen molar-refractivity contribution in [1.82, 2.24) is 0 Å². The number of aliphatic hydroxyl groups is 2. The van der Waals surface area contributed by atoms with Crippen LogP contribution in [0.3, 0.4) is 0 Å². The van der Waals surface area contributed by atoms with Crippen LogP contribution in [0.25, 0.3) is 0 Å². The van der Waals surface area contributed by atoms with Crippen molar-refractivity contribution in [3.05, 3.63) is 12.2 Å². The van der Waals surface area contributed by atoms with Crippen molar-refractivity contribution in [2.75, 3.05) is 19.8 Å². The lowest BCUT2D eigenvalue weighted by molar-refractivity contribution is -0.292. The molecule has 0 amide bonds. The number of carbonyl (C=O) groups excluding carboxylic acids is 1. The van der Waals surface area contributed by atoms with Crippen LogP contribution in [-0.2, 0) is 38.0 Å². The van der Waals surface area contributed by atoms with Gasteiger partial charge in [-0.25, -0.2) is 0 Å². The molecule has 2 N–H and O–H groups in total. The lowest BCUT2D eigenvalue weighted by Crippen LogP contribution is -2.61. The first kappa shape index (κ1) is 40.2. The van der Waals surface area contributed by atoms with Gasteiger partial charge in [0.25, 0.3) is 0 Å². The highest BCUT2D eigenvalue weighted by atomic mass is 16.8. The second-order valence-electron chi connectivity index (χ2n) is 15.7. The van der Waals surface area contributed by atoms with Crippen molar-refractivity contribution in [1.29, 1.82) is 0 Å². The van der Waals surface area contributed by atoms with E-state index in [1.54, 1.807) is 0 Å². The Balaban J connectivity index is 0.000000255. The van der Waals surface area contributed by atoms with E-state index in [0.717, 1.165) is 70.5 Å². The lowest BCUT2D eigenvalue weighted by atomic mass is 9.85. The molecule has 8 heterocycles. The molecule has 8 aliphatic heterocycles. The topological polar surface area (TPSA) is 122 Å². The number of hydrogen-bond acceptors (Lipinski definition) is 10. The van der Waals surface area contributed by atoms with Gasteiger partial charge >= 0.3 is 0 Å². The van der Waals surface area contributed by atoms with E-state index < -0.39 is 11.9 Å². The van der Waals surface area contributed by atoms with Gasteiger partial charge in [-0.05, 0) is 89.9 Å². The van der Waals surface area contributed by atoms with Gasteiger partial charge in [-0.3, -0.25) is 4.79 Å². The number of rotatable bonds is 9. The van der Waals surface area contributed by atoms with Crippen LogP contribution in [-0.4, -0.2) is 109 Å². The molecule has 13 atom stereocenters. The third-order valence-corrected chi connectivity index (χ3v) is 12.0. The van der Waals surface area contributed by atoms with Crippen LogP contribution in [0.1, 0.15) is 131 Å². The van der Waals surface area contributed by atoms with E-state index in [2.05, 4.69) is 20.4 Å². The molecule has 0 aromatic rings. The van der Waals surface area contributed by atoms with Gasteiger partial charge in [-0.15, -0.1) is 0 Å². The molecular weight excluding hydrogens is 640 g/mol. The molecule has 9 unspecified atom stereocenters. The summed E-state index contributed by atoms with van der Waals surface area (Å²) >= 11 is 0. The number of ketones is 1. The van der Waals surface area contributed by atoms with Crippen LogP contribution in [0.4, 0.5) is 0 Å². The molecule has 0 radical (unpaired) electrons. The number of hydrogen-bond donors (Lipinski definition) is 2. The second-order valence-corrected chi connectivity index (χ2v) is 15.7. The monoisotopic (exact) mass is 708 g/mol. The Morgan fingerprint density at radius 1 is 0.860 bits per heavy atom. The van der Waals surface area contributed by atoms with E-state index in [1.165, 1.54) is 44.6 Å². The summed E-state index contributed by atoms with van der Waals surface area (Å²) in [6, 6.07) is 0. The molecule has 9 rings (SSSR count). The fraction of sp³-hybridized carbons (Fsp3) is 0.925. The number of Topliss-reactive ketones (excluding diaryl/α,β-unsaturated/α-hetero) is 1. The molecule has 288 valence electrons. The van der Waals surface area contributed by atoms with Gasteiger partial charge in [0.1, 0.15) is 36.3 Å². The van der Waals surface area contributed by atoms with Crippen molar-refractivity contribution < 1.29 is 48.2 Å². The average molecular weight is 709 g/mol. The highest BCUT2D eigenvalue weighted by molar-refractivity contribution is 5.79. The highest BCUT2D eigenvalue weighted by Gasteiger charge is 2.68. The van der Waals surface area contributed by atoms with E-state index in [0.29, 0.717) is 24.9 Å². The van der Waals surface area contributed by atoms with E-state index in [-0.39, 0.29) is 67.3 Å². The Labute approximate surface area is 301 Å². The molecule has 6 bridgehead atoms. The Hall–Kier alpha value is -0.950. The molecule has 8 saturated heterocycles. The zero-order chi connectivity index (χ0) is 35.8. The number of fused-ring (bicyclic) bond motifs is 1. The summed E-state index contributed by atoms with van der Waals surface area (Å²) in [6.45, 7) is 15.4. The van der Waals surface area contributed by atoms with E-state index >= 15 is 0 Å². The maximum Gasteiger partial charge on any atom is 0.172 e. The standard InChI is InChI=1S/C26H38O8.C9H16.C3H8O2.C2H6/c1-14-15(7-10-28-14)11-16(27)12-18-4-5-19-21(30-18)25-24-23(31-19)22-20(32-24)13-26(33-22,34-25)8-6-17-3-2-9-29-17;1-3-9-6-4-8(2)5-7-9;1-3(5)2-4;1-2/h14-15,17-25H,2-13H2,1H3;9H,2-7H2,1H3;3-5H,2H2,1H3;1-2H3/t14-,15?,17?,18?,19?,20?,21-,22?,23-,24?,25?,26-;;;/m0.../s1. The SMILES string of the molecule is C=C1CCC(CC)CC1.CC.CC(O)CO.C[C@@H]1OCCC1CC(=O)CC1CCC2O[C@H]3C4O[C@]5(CCC6CCCO6)CC4OC3C(O5)[C@H]2O1. The zero-order valence-corrected chi connectivity index (χ0v) is 31.6. The van der Waals surface area contributed by atoms with E-state index in [9.17, 15) is 4.79 Å². The number of carbonyl (C=O) groups is 1. The minimum Gasteiger partial charge on any atom is -0.394 e. The molecule has 1 aliphatic carbocycles. The zero-order valence-electron chi connectivity index (χ0n) is 31.6. The quantitative estimate of drug-likeness (QED) is 0.267. The smallest absolute Gasteiger partial charge is 0.172 e. The Kier molecular flexibility index (Phi) is 15.2. The molecule has 1 saturated carbocycles. The molecule has 0 aromatic heterocycles. The first-order chi connectivity index (χ1) is 24.2. The normalized spacial score (nSPS) is 41.9. The number of ether oxygens (including phenoxy) is 7. The van der Waals surface area contributed by atoms with Gasteiger partial charge in [0, 0.05) is 38.9 Å². The largest absolute Gasteiger partial charge is 0.394 e. The summed E-state index contributed by atoms with van der Waals surface area (Å²) in [5.41, 5.74) is 1.47. The summed E-state index contributed by atoms with van der Waals surface area (Å²) in [6.07, 6.45) is 14.3. The number of allylic oxidation sites excluding steroid dienone is 1. The van der Waals surface area contributed by atoms with Gasteiger partial charge in [-0.1, -0.05) is 39.3 Å². The highest BCUT2D eigenvalue weighted by Crippen LogP contribution is 2.54. The minimum atomic E-state index is -0.640. The third-order valence-electron chi connectivity index (χ3n) is 12.0. The minimum absolute atomic E-state index is 0.0256. The summed E-state index contributed by atoms with van der Waals surface area (Å²) < 4.78 is 44.4. The van der Waals surface area contributed by atoms with Crippen molar-refractivity contribution in [2.45, 2.75) is 204 Å². The summed E-state index contributed by atoms with van der Waals surface area (Å²) in [5, 5.41) is 16.0. The lowest BCUT2D eigenvalue weighted by Gasteiger charge is -2.47. The van der Waals surface area contributed by atoms with Crippen LogP contribution in [0.2, 0.25) is 0 Å². The third kappa shape index (κ3) is 9.97.